The van der Waals surface area contributed by atoms with Gasteiger partial charge in [0.2, 0.25) is 0 Å². The van der Waals surface area contributed by atoms with Crippen molar-refractivity contribution in [2.24, 2.45) is 0 Å². The van der Waals surface area contributed by atoms with E-state index in [1.807, 2.05) is 10.9 Å². The molecule has 16 nitrogen and oxygen atoms in total. The molecule has 356 valence electrons. The second-order valence-electron chi connectivity index (χ2n) is 18.3. The van der Waals surface area contributed by atoms with E-state index in [0.717, 1.165) is 42.7 Å². The summed E-state index contributed by atoms with van der Waals surface area (Å²) in [6.07, 6.45) is -6.16. The van der Waals surface area contributed by atoms with Crippen molar-refractivity contribution in [3.8, 4) is 0 Å². The van der Waals surface area contributed by atoms with Crippen LogP contribution in [0.5, 0.6) is 0 Å². The van der Waals surface area contributed by atoms with E-state index >= 15 is 0 Å². The number of ether oxygens (including phenoxy) is 1. The molecule has 6 aromatic rings. The molecule has 3 amide bonds. The van der Waals surface area contributed by atoms with Gasteiger partial charge in [-0.05, 0) is 97.0 Å². The second kappa shape index (κ2) is 17.5. The van der Waals surface area contributed by atoms with E-state index in [0.29, 0.717) is 40.6 Å². The van der Waals surface area contributed by atoms with Gasteiger partial charge in [0.25, 0.3) is 11.8 Å². The number of aromatic nitrogens is 6. The van der Waals surface area contributed by atoms with Crippen LogP contribution in [-0.4, -0.2) is 94.3 Å². The molecular formula is C45H48F6N10O6. The maximum Gasteiger partial charge on any atom is 0.433 e. The smallest absolute Gasteiger partial charge is 0.433 e. The topological polar surface area (TPSA) is 202 Å². The summed E-state index contributed by atoms with van der Waals surface area (Å²) in [5.41, 5.74) is -4.01. The Balaban J connectivity index is 0.000000203. The number of benzene rings is 2. The van der Waals surface area contributed by atoms with Gasteiger partial charge in [-0.3, -0.25) is 19.0 Å². The van der Waals surface area contributed by atoms with E-state index in [-0.39, 0.29) is 29.2 Å². The van der Waals surface area contributed by atoms with Crippen molar-refractivity contribution in [3.05, 3.63) is 107 Å². The molecule has 67 heavy (non-hydrogen) atoms. The van der Waals surface area contributed by atoms with Crippen molar-refractivity contribution >= 4 is 51.1 Å². The Hall–Kier alpha value is -6.65. The highest BCUT2D eigenvalue weighted by Crippen LogP contribution is 2.36. The number of hydrogen-bond donors (Lipinski definition) is 5. The minimum Gasteiger partial charge on any atom is -0.444 e. The molecule has 4 aromatic heterocycles. The lowest BCUT2D eigenvalue weighted by Crippen LogP contribution is -2.52. The number of anilines is 2. The number of carbonyl (C=O) groups is 3. The maximum absolute atomic E-state index is 13.0. The normalized spacial score (nSPS) is 15.1. The van der Waals surface area contributed by atoms with Gasteiger partial charge in [0, 0.05) is 71.8 Å². The van der Waals surface area contributed by atoms with Crippen molar-refractivity contribution < 1.29 is 55.7 Å². The molecule has 5 N–H and O–H groups in total. The second-order valence-corrected chi connectivity index (χ2v) is 18.3. The molecule has 6 heterocycles. The van der Waals surface area contributed by atoms with Gasteiger partial charge < -0.3 is 35.8 Å². The molecule has 0 unspecified atom stereocenters. The summed E-state index contributed by atoms with van der Waals surface area (Å²) in [5, 5.41) is 40.1. The first-order valence-corrected chi connectivity index (χ1v) is 20.9. The van der Waals surface area contributed by atoms with Crippen LogP contribution in [0.2, 0.25) is 0 Å². The van der Waals surface area contributed by atoms with Crippen molar-refractivity contribution in [1.82, 2.24) is 39.7 Å². The van der Waals surface area contributed by atoms with E-state index in [4.69, 9.17) is 4.74 Å². The fraction of sp³-hybridized carbons (Fsp3) is 0.400. The van der Waals surface area contributed by atoms with Crippen molar-refractivity contribution in [3.63, 3.8) is 0 Å². The largest absolute Gasteiger partial charge is 0.444 e. The number of aliphatic hydroxyl groups is 2. The monoisotopic (exact) mass is 938 g/mol. The Bertz CT molecular complexity index is 2850. The first-order chi connectivity index (χ1) is 31.0. The number of nitrogens with zero attached hydrogens (tertiary/aromatic N) is 7. The highest BCUT2D eigenvalue weighted by molar-refractivity contribution is 6.05. The molecule has 0 atom stereocenters. The van der Waals surface area contributed by atoms with Crippen LogP contribution in [0.4, 0.5) is 42.5 Å². The lowest BCUT2D eigenvalue weighted by Gasteiger charge is -2.39. The Morgan fingerprint density at radius 2 is 1.07 bits per heavy atom. The summed E-state index contributed by atoms with van der Waals surface area (Å²) in [4.78, 5) is 46.0. The number of fused-ring (bicyclic) bond motifs is 2. The Morgan fingerprint density at radius 3 is 1.43 bits per heavy atom. The molecule has 2 fully saturated rings. The summed E-state index contributed by atoms with van der Waals surface area (Å²) in [7, 11) is 0. The lowest BCUT2D eigenvalue weighted by molar-refractivity contribution is -0.142. The molecule has 0 spiro atoms. The van der Waals surface area contributed by atoms with E-state index in [2.05, 4.69) is 36.1 Å². The maximum atomic E-state index is 13.0. The molecule has 0 aliphatic carbocycles. The van der Waals surface area contributed by atoms with Crippen molar-refractivity contribution in [2.75, 3.05) is 36.8 Å². The molecule has 8 rings (SSSR count). The zero-order chi connectivity index (χ0) is 49.0. The van der Waals surface area contributed by atoms with Gasteiger partial charge in [-0.1, -0.05) is 12.1 Å². The molecule has 2 aromatic carbocycles. The van der Waals surface area contributed by atoms with Crippen LogP contribution in [0.3, 0.4) is 0 Å². The SMILES string of the molecule is CC(C)(C)OC(=O)N1CC(n2cc3cc(NC(=O)c4cccc(C(F)(F)F)n4)c(C(C)(C)O)cc3n2)C1.CC(C)(O)c1cc2nn(C3CNC3)cc2cc1NC(=O)c1cccc(C(F)(F)F)n1. The van der Waals surface area contributed by atoms with Crippen molar-refractivity contribution in [2.45, 2.75) is 89.7 Å². The van der Waals surface area contributed by atoms with E-state index < -0.39 is 64.1 Å². The van der Waals surface area contributed by atoms with Gasteiger partial charge in [0.05, 0.1) is 34.3 Å². The number of halogens is 6. The average molecular weight is 939 g/mol. The van der Waals surface area contributed by atoms with Crippen LogP contribution in [0.25, 0.3) is 21.8 Å². The zero-order valence-electron chi connectivity index (χ0n) is 37.3. The van der Waals surface area contributed by atoms with Gasteiger partial charge >= 0.3 is 18.4 Å². The van der Waals surface area contributed by atoms with Crippen LogP contribution in [0.15, 0.2) is 73.1 Å². The summed E-state index contributed by atoms with van der Waals surface area (Å²) >= 11 is 0. The van der Waals surface area contributed by atoms with Crippen LogP contribution >= 0.6 is 0 Å². The average Bonchev–Trinajstić information content (AvgIpc) is 3.77. The third kappa shape index (κ3) is 11.1. The molecule has 2 aliphatic heterocycles. The summed E-state index contributed by atoms with van der Waals surface area (Å²) in [6.45, 7) is 14.0. The van der Waals surface area contributed by atoms with Gasteiger partial charge in [0.1, 0.15) is 28.4 Å². The summed E-state index contributed by atoms with van der Waals surface area (Å²) in [5.74, 6) is -1.66. The Labute approximate surface area is 379 Å². The van der Waals surface area contributed by atoms with Crippen LogP contribution in [-0.2, 0) is 28.3 Å². The van der Waals surface area contributed by atoms with Gasteiger partial charge in [-0.25, -0.2) is 14.8 Å². The molecule has 0 radical (unpaired) electrons. The fourth-order valence-electron chi connectivity index (χ4n) is 7.14. The number of pyridine rings is 2. The van der Waals surface area contributed by atoms with E-state index in [1.165, 1.54) is 26.0 Å². The van der Waals surface area contributed by atoms with Gasteiger partial charge in [-0.15, -0.1) is 0 Å². The predicted octanol–water partition coefficient (Wildman–Crippen LogP) is 7.80. The molecule has 2 aliphatic rings. The number of carbonyl (C=O) groups excluding carboxylic acids is 3. The predicted molar refractivity (Wildman–Crippen MR) is 233 cm³/mol. The molecule has 2 saturated heterocycles. The van der Waals surface area contributed by atoms with E-state index in [9.17, 15) is 50.9 Å². The number of hydrogen-bond acceptors (Lipinski definition) is 11. The highest BCUT2D eigenvalue weighted by atomic mass is 19.4. The van der Waals surface area contributed by atoms with Gasteiger partial charge in [-0.2, -0.15) is 36.5 Å². The minimum atomic E-state index is -4.69. The Morgan fingerprint density at radius 1 is 0.657 bits per heavy atom. The summed E-state index contributed by atoms with van der Waals surface area (Å²) < 4.78 is 86.7. The number of amides is 3. The number of likely N-dealkylation sites (tertiary alicyclic amines) is 1. The number of nitrogens with one attached hydrogen (secondary N) is 3. The Kier molecular flexibility index (Phi) is 12.6. The van der Waals surface area contributed by atoms with Crippen LogP contribution < -0.4 is 16.0 Å². The molecule has 0 saturated carbocycles. The first-order valence-electron chi connectivity index (χ1n) is 20.9. The third-order valence-corrected chi connectivity index (χ3v) is 10.7. The fourth-order valence-corrected chi connectivity index (χ4v) is 7.14. The number of rotatable bonds is 8. The molecular weight excluding hydrogens is 891 g/mol. The lowest BCUT2D eigenvalue weighted by atomic mass is 9.95. The molecule has 0 bridgehead atoms. The molecule has 22 heteroatoms. The summed E-state index contributed by atoms with van der Waals surface area (Å²) in [6, 6.07) is 12.9. The van der Waals surface area contributed by atoms with Crippen molar-refractivity contribution in [1.29, 1.82) is 0 Å². The quantitative estimate of drug-likeness (QED) is 0.0933. The number of alkyl halides is 6. The zero-order valence-corrected chi connectivity index (χ0v) is 37.3. The van der Waals surface area contributed by atoms with Crippen LogP contribution in [0.1, 0.15) is 104 Å². The van der Waals surface area contributed by atoms with Gasteiger partial charge in [0.15, 0.2) is 0 Å². The van der Waals surface area contributed by atoms with E-state index in [1.54, 1.807) is 74.7 Å². The van der Waals surface area contributed by atoms with Crippen LogP contribution in [0, 0.1) is 0 Å². The standard InChI is InChI=1S/C25H28F3N5O4.C20H20F3N5O2/c1-23(2,3)37-22(35)32-12-15(13-32)33-11-14-9-19(16(24(4,5)36)10-18(14)31-33)30-21(34)17-7-6-8-20(29-17)25(26,27)28;1-19(2,30)13-7-15-11(10-28(27-15)12-8-24-9-12)6-16(13)26-18(29)14-4-3-5-17(25-14)20(21,22)23/h6-11,15,36H,12-13H2,1-5H3,(H,30,34);3-7,10,12,24,30H,8-9H2,1-2H3,(H,26,29). The minimum absolute atomic E-state index is 0.0853. The first kappa shape index (κ1) is 48.3. The highest BCUT2D eigenvalue weighted by Gasteiger charge is 2.37. The third-order valence-electron chi connectivity index (χ3n) is 10.7.